The summed E-state index contributed by atoms with van der Waals surface area (Å²) in [4.78, 5) is 0. The summed E-state index contributed by atoms with van der Waals surface area (Å²) in [6, 6.07) is 9.84. The highest BCUT2D eigenvalue weighted by atomic mass is 16.5. The number of ether oxygens (including phenoxy) is 1. The molecule has 1 rings (SSSR count). The lowest BCUT2D eigenvalue weighted by Crippen LogP contribution is -2.41. The summed E-state index contributed by atoms with van der Waals surface area (Å²) in [7, 11) is 0. The molecule has 1 aromatic carbocycles. The molecule has 0 fully saturated rings. The largest absolute Gasteiger partial charge is 0.494 e. The molecule has 0 saturated heterocycles. The van der Waals surface area contributed by atoms with Crippen LogP contribution >= 0.6 is 0 Å². The van der Waals surface area contributed by atoms with E-state index >= 15 is 0 Å². The number of rotatable bonds is 10. The third-order valence-corrected chi connectivity index (χ3v) is 3.43. The zero-order valence-corrected chi connectivity index (χ0v) is 13.1. The van der Waals surface area contributed by atoms with Crippen LogP contribution in [0.1, 0.15) is 45.1 Å². The van der Waals surface area contributed by atoms with Gasteiger partial charge in [-0.1, -0.05) is 19.1 Å². The lowest BCUT2D eigenvalue weighted by Gasteiger charge is -2.22. The van der Waals surface area contributed by atoms with Crippen LogP contribution in [0.25, 0.3) is 0 Å². The highest BCUT2D eigenvalue weighted by molar-refractivity contribution is 5.27. The van der Waals surface area contributed by atoms with E-state index in [1.54, 1.807) is 0 Å². The van der Waals surface area contributed by atoms with Gasteiger partial charge in [0.25, 0.3) is 0 Å². The van der Waals surface area contributed by atoms with Gasteiger partial charge >= 0.3 is 0 Å². The first-order chi connectivity index (χ1) is 10.1. The molecule has 0 aliphatic carbocycles. The van der Waals surface area contributed by atoms with Crippen LogP contribution in [-0.2, 0) is 6.61 Å². The van der Waals surface area contributed by atoms with Gasteiger partial charge in [0.1, 0.15) is 11.3 Å². The number of nitrogens with one attached hydrogen (secondary N) is 1. The fourth-order valence-electron chi connectivity index (χ4n) is 2.09. The Kier molecular flexibility index (Phi) is 7.81. The Morgan fingerprint density at radius 1 is 1.38 bits per heavy atom. The lowest BCUT2D eigenvalue weighted by atomic mass is 9.96. The number of nitrogens with zero attached hydrogens (tertiary/aromatic N) is 1. The SMILES string of the molecule is CCCNC(C)(C#N)CCCCOc1cccc(CO)c1. The maximum Gasteiger partial charge on any atom is 0.119 e. The molecule has 0 aromatic heterocycles. The van der Waals surface area contributed by atoms with Crippen molar-refractivity contribution < 1.29 is 9.84 Å². The van der Waals surface area contributed by atoms with E-state index < -0.39 is 5.54 Å². The van der Waals surface area contributed by atoms with Crippen molar-refractivity contribution in [3.8, 4) is 11.8 Å². The van der Waals surface area contributed by atoms with Crippen LogP contribution < -0.4 is 10.1 Å². The number of hydrogen-bond donors (Lipinski definition) is 2. The fraction of sp³-hybridized carbons (Fsp3) is 0.588. The lowest BCUT2D eigenvalue weighted by molar-refractivity contribution is 0.277. The molecule has 4 nitrogen and oxygen atoms in total. The normalized spacial score (nSPS) is 13.4. The molecule has 0 aliphatic rings. The molecule has 116 valence electrons. The zero-order chi connectivity index (χ0) is 15.6. The van der Waals surface area contributed by atoms with E-state index in [1.165, 1.54) is 0 Å². The summed E-state index contributed by atoms with van der Waals surface area (Å²) in [6.07, 6.45) is 3.71. The number of aliphatic hydroxyl groups is 1. The van der Waals surface area contributed by atoms with Crippen molar-refractivity contribution in [2.45, 2.75) is 51.7 Å². The Morgan fingerprint density at radius 3 is 2.86 bits per heavy atom. The van der Waals surface area contributed by atoms with Gasteiger partial charge < -0.3 is 9.84 Å². The summed E-state index contributed by atoms with van der Waals surface area (Å²) in [5.74, 6) is 0.786. The van der Waals surface area contributed by atoms with E-state index in [4.69, 9.17) is 9.84 Å². The summed E-state index contributed by atoms with van der Waals surface area (Å²) in [6.45, 7) is 5.58. The van der Waals surface area contributed by atoms with Crippen molar-refractivity contribution in [2.24, 2.45) is 0 Å². The second kappa shape index (κ2) is 9.38. The monoisotopic (exact) mass is 290 g/mol. The van der Waals surface area contributed by atoms with Crippen LogP contribution in [0.4, 0.5) is 0 Å². The van der Waals surface area contributed by atoms with Crippen LogP contribution in [0.5, 0.6) is 5.75 Å². The predicted molar refractivity (Wildman–Crippen MR) is 84.0 cm³/mol. The minimum Gasteiger partial charge on any atom is -0.494 e. The van der Waals surface area contributed by atoms with Gasteiger partial charge in [0, 0.05) is 0 Å². The predicted octanol–water partition coefficient (Wildman–Crippen LogP) is 3.01. The van der Waals surface area contributed by atoms with Crippen molar-refractivity contribution in [3.05, 3.63) is 29.8 Å². The van der Waals surface area contributed by atoms with Gasteiger partial charge in [-0.05, 0) is 56.8 Å². The minimum atomic E-state index is -0.438. The van der Waals surface area contributed by atoms with Gasteiger partial charge in [-0.15, -0.1) is 0 Å². The number of aliphatic hydroxyl groups excluding tert-OH is 1. The zero-order valence-electron chi connectivity index (χ0n) is 13.1. The van der Waals surface area contributed by atoms with Gasteiger partial charge in [-0.25, -0.2) is 0 Å². The van der Waals surface area contributed by atoms with Crippen molar-refractivity contribution in [2.75, 3.05) is 13.2 Å². The average Bonchev–Trinajstić information content (AvgIpc) is 2.53. The van der Waals surface area contributed by atoms with Crippen LogP contribution in [0, 0.1) is 11.3 Å². The van der Waals surface area contributed by atoms with Gasteiger partial charge in [-0.3, -0.25) is 5.32 Å². The molecule has 0 heterocycles. The molecule has 0 aliphatic heterocycles. The summed E-state index contributed by atoms with van der Waals surface area (Å²) in [5.41, 5.74) is 0.417. The maximum atomic E-state index is 9.24. The number of benzene rings is 1. The Labute approximate surface area is 127 Å². The highest BCUT2D eigenvalue weighted by Crippen LogP contribution is 2.16. The highest BCUT2D eigenvalue weighted by Gasteiger charge is 2.21. The summed E-state index contributed by atoms with van der Waals surface area (Å²) >= 11 is 0. The number of hydrogen-bond acceptors (Lipinski definition) is 4. The molecule has 1 unspecified atom stereocenters. The van der Waals surface area contributed by atoms with Crippen LogP contribution in [0.2, 0.25) is 0 Å². The molecular weight excluding hydrogens is 264 g/mol. The van der Waals surface area contributed by atoms with Crippen molar-refractivity contribution >= 4 is 0 Å². The van der Waals surface area contributed by atoms with Gasteiger partial charge in [-0.2, -0.15) is 5.26 Å². The summed E-state index contributed by atoms with van der Waals surface area (Å²) < 4.78 is 5.66. The van der Waals surface area contributed by atoms with Crippen LogP contribution in [-0.4, -0.2) is 23.8 Å². The molecule has 1 aromatic rings. The maximum absolute atomic E-state index is 9.24. The Bertz CT molecular complexity index is 456. The quantitative estimate of drug-likeness (QED) is 0.650. The van der Waals surface area contributed by atoms with Crippen molar-refractivity contribution in [1.82, 2.24) is 5.32 Å². The topological polar surface area (TPSA) is 65.3 Å². The fourth-order valence-corrected chi connectivity index (χ4v) is 2.09. The van der Waals surface area contributed by atoms with E-state index in [9.17, 15) is 5.26 Å². The smallest absolute Gasteiger partial charge is 0.119 e. The molecule has 0 bridgehead atoms. The van der Waals surface area contributed by atoms with E-state index in [0.29, 0.717) is 6.61 Å². The standard InChI is InChI=1S/C17H26N2O2/c1-3-10-19-17(2,14-18)9-4-5-11-21-16-8-6-7-15(12-16)13-20/h6-8,12,19-20H,3-5,9-11,13H2,1-2H3. The molecule has 0 amide bonds. The average molecular weight is 290 g/mol. The summed E-state index contributed by atoms with van der Waals surface area (Å²) in [5, 5.41) is 21.6. The Morgan fingerprint density at radius 2 is 2.19 bits per heavy atom. The van der Waals surface area contributed by atoms with E-state index in [1.807, 2.05) is 31.2 Å². The molecule has 0 saturated carbocycles. The van der Waals surface area contributed by atoms with Gasteiger partial charge in [0.15, 0.2) is 0 Å². The van der Waals surface area contributed by atoms with E-state index in [-0.39, 0.29) is 6.61 Å². The Balaban J connectivity index is 2.26. The van der Waals surface area contributed by atoms with Gasteiger partial charge in [0.05, 0.1) is 19.3 Å². The third kappa shape index (κ3) is 6.61. The molecule has 2 N–H and O–H groups in total. The molecule has 21 heavy (non-hydrogen) atoms. The first-order valence-electron chi connectivity index (χ1n) is 7.62. The third-order valence-electron chi connectivity index (χ3n) is 3.43. The molecule has 0 spiro atoms. The second-order valence-corrected chi connectivity index (χ2v) is 5.48. The Hall–Kier alpha value is -1.57. The molecule has 4 heteroatoms. The van der Waals surface area contributed by atoms with Gasteiger partial charge in [0.2, 0.25) is 0 Å². The first-order valence-corrected chi connectivity index (χ1v) is 7.62. The van der Waals surface area contributed by atoms with Crippen molar-refractivity contribution in [3.63, 3.8) is 0 Å². The second-order valence-electron chi connectivity index (χ2n) is 5.48. The minimum absolute atomic E-state index is 0.0286. The van der Waals surface area contributed by atoms with E-state index in [2.05, 4.69) is 18.3 Å². The van der Waals surface area contributed by atoms with Crippen molar-refractivity contribution in [1.29, 1.82) is 5.26 Å². The molecule has 0 radical (unpaired) electrons. The molecule has 1 atom stereocenters. The van der Waals surface area contributed by atoms with E-state index in [0.717, 1.165) is 43.5 Å². The molecular formula is C17H26N2O2. The number of nitriles is 1. The van der Waals surface area contributed by atoms with Crippen LogP contribution in [0.15, 0.2) is 24.3 Å². The number of unbranched alkanes of at least 4 members (excludes halogenated alkanes) is 1. The van der Waals surface area contributed by atoms with Crippen LogP contribution in [0.3, 0.4) is 0 Å². The first kappa shape index (κ1) is 17.5.